The highest BCUT2D eigenvalue weighted by atomic mass is 35.5. The van der Waals surface area contributed by atoms with Crippen molar-refractivity contribution in [1.29, 1.82) is 0 Å². The van der Waals surface area contributed by atoms with Gasteiger partial charge in [-0.25, -0.2) is 4.98 Å². The van der Waals surface area contributed by atoms with E-state index in [0.717, 1.165) is 11.3 Å². The number of benzene rings is 1. The fourth-order valence-electron chi connectivity index (χ4n) is 2.00. The van der Waals surface area contributed by atoms with Gasteiger partial charge >= 0.3 is 0 Å². The van der Waals surface area contributed by atoms with Gasteiger partial charge in [0.15, 0.2) is 0 Å². The smallest absolute Gasteiger partial charge is 0.219 e. The Morgan fingerprint density at radius 1 is 1.15 bits per heavy atom. The van der Waals surface area contributed by atoms with Crippen molar-refractivity contribution in [3.63, 3.8) is 0 Å². The number of hydrogen-bond donors (Lipinski definition) is 0. The van der Waals surface area contributed by atoms with Crippen molar-refractivity contribution in [1.82, 2.24) is 4.98 Å². The normalized spacial score (nSPS) is 11.4. The molecule has 2 nitrogen and oxygen atoms in total. The molecule has 0 radical (unpaired) electrons. The van der Waals surface area contributed by atoms with Crippen LogP contribution in [0, 0.1) is 6.92 Å². The topological polar surface area (TPSA) is 22.1 Å². The lowest BCUT2D eigenvalue weighted by Crippen LogP contribution is -2.12. The summed E-state index contributed by atoms with van der Waals surface area (Å²) in [5, 5.41) is 0. The van der Waals surface area contributed by atoms with Crippen LogP contribution in [0.1, 0.15) is 37.5 Å². The zero-order chi connectivity index (χ0) is 14.8. The second-order valence-electron chi connectivity index (χ2n) is 5.99. The van der Waals surface area contributed by atoms with Crippen molar-refractivity contribution in [3.8, 4) is 11.6 Å². The van der Waals surface area contributed by atoms with Crippen LogP contribution in [0.4, 0.5) is 0 Å². The lowest BCUT2D eigenvalue weighted by atomic mass is 9.86. The number of rotatable bonds is 3. The van der Waals surface area contributed by atoms with Crippen LogP contribution in [0.3, 0.4) is 0 Å². The molecular formula is C17H20ClNO. The predicted octanol–water partition coefficient (Wildman–Crippen LogP) is 5.22. The average Bonchev–Trinajstić information content (AvgIpc) is 2.38. The fourth-order valence-corrected chi connectivity index (χ4v) is 2.15. The Balaban J connectivity index is 2.34. The van der Waals surface area contributed by atoms with E-state index in [2.05, 4.69) is 50.9 Å². The van der Waals surface area contributed by atoms with Crippen LogP contribution in [-0.4, -0.2) is 4.98 Å². The van der Waals surface area contributed by atoms with E-state index in [1.807, 2.05) is 12.1 Å². The van der Waals surface area contributed by atoms with Gasteiger partial charge in [-0.1, -0.05) is 39.0 Å². The minimum atomic E-state index is 0.0269. The van der Waals surface area contributed by atoms with Crippen LogP contribution in [0.5, 0.6) is 11.6 Å². The standard InChI is InChI=1S/C17H20ClNO/c1-12-5-7-14(17(2,3)4)15(9-12)20-16-8-6-13(10-18)11-19-16/h5-9,11H,10H2,1-4H3. The lowest BCUT2D eigenvalue weighted by molar-refractivity contribution is 0.439. The third-order valence-corrected chi connectivity index (χ3v) is 3.42. The maximum Gasteiger partial charge on any atom is 0.219 e. The number of aromatic nitrogens is 1. The highest BCUT2D eigenvalue weighted by molar-refractivity contribution is 6.17. The average molecular weight is 290 g/mol. The highest BCUT2D eigenvalue weighted by Gasteiger charge is 2.19. The van der Waals surface area contributed by atoms with Gasteiger partial charge in [-0.3, -0.25) is 0 Å². The van der Waals surface area contributed by atoms with Crippen molar-refractivity contribution in [3.05, 3.63) is 53.2 Å². The summed E-state index contributed by atoms with van der Waals surface area (Å²) in [6, 6.07) is 10.1. The molecule has 2 aromatic rings. The zero-order valence-electron chi connectivity index (χ0n) is 12.4. The SMILES string of the molecule is Cc1ccc(C(C)(C)C)c(Oc2ccc(CCl)cn2)c1. The van der Waals surface area contributed by atoms with Crippen molar-refractivity contribution >= 4 is 11.6 Å². The number of ether oxygens (including phenoxy) is 1. The van der Waals surface area contributed by atoms with Crippen molar-refractivity contribution < 1.29 is 4.74 Å². The maximum absolute atomic E-state index is 5.96. The minimum absolute atomic E-state index is 0.0269. The second-order valence-corrected chi connectivity index (χ2v) is 6.26. The van der Waals surface area contributed by atoms with Gasteiger partial charge in [-0.05, 0) is 29.5 Å². The number of hydrogen-bond acceptors (Lipinski definition) is 2. The van der Waals surface area contributed by atoms with Gasteiger partial charge in [0.25, 0.3) is 0 Å². The molecule has 0 fully saturated rings. The molecule has 106 valence electrons. The van der Waals surface area contributed by atoms with Crippen LogP contribution in [0.15, 0.2) is 36.5 Å². The van der Waals surface area contributed by atoms with Crippen LogP contribution in [0.25, 0.3) is 0 Å². The number of pyridine rings is 1. The van der Waals surface area contributed by atoms with E-state index in [4.69, 9.17) is 16.3 Å². The summed E-state index contributed by atoms with van der Waals surface area (Å²) in [6.07, 6.45) is 1.74. The first-order valence-corrected chi connectivity index (χ1v) is 7.23. The van der Waals surface area contributed by atoms with E-state index in [1.165, 1.54) is 11.1 Å². The van der Waals surface area contributed by atoms with Crippen molar-refractivity contribution in [2.24, 2.45) is 0 Å². The number of halogens is 1. The quantitative estimate of drug-likeness (QED) is 0.723. The Morgan fingerprint density at radius 3 is 2.45 bits per heavy atom. The molecule has 1 heterocycles. The van der Waals surface area contributed by atoms with Crippen molar-refractivity contribution in [2.45, 2.75) is 39.0 Å². The third-order valence-electron chi connectivity index (χ3n) is 3.11. The van der Waals surface area contributed by atoms with Gasteiger partial charge < -0.3 is 4.74 Å². The van der Waals surface area contributed by atoms with Gasteiger partial charge in [-0.15, -0.1) is 11.6 Å². The Kier molecular flexibility index (Phi) is 4.34. The van der Waals surface area contributed by atoms with Crippen molar-refractivity contribution in [2.75, 3.05) is 0 Å². The van der Waals surface area contributed by atoms with E-state index in [1.54, 1.807) is 6.20 Å². The van der Waals surface area contributed by atoms with Crippen LogP contribution < -0.4 is 4.74 Å². The molecule has 0 saturated heterocycles. The summed E-state index contributed by atoms with van der Waals surface area (Å²) in [6.45, 7) is 8.58. The van der Waals surface area contributed by atoms with E-state index in [0.29, 0.717) is 11.8 Å². The Hall–Kier alpha value is -1.54. The monoisotopic (exact) mass is 289 g/mol. The molecule has 3 heteroatoms. The molecular weight excluding hydrogens is 270 g/mol. The summed E-state index contributed by atoms with van der Waals surface area (Å²) in [4.78, 5) is 4.29. The summed E-state index contributed by atoms with van der Waals surface area (Å²) < 4.78 is 5.96. The van der Waals surface area contributed by atoms with Gasteiger partial charge in [0.05, 0.1) is 0 Å². The molecule has 0 atom stereocenters. The van der Waals surface area contributed by atoms with Crippen LogP contribution in [0.2, 0.25) is 0 Å². The van der Waals surface area contributed by atoms with Crippen LogP contribution in [-0.2, 0) is 11.3 Å². The summed E-state index contributed by atoms with van der Waals surface area (Å²) >= 11 is 5.76. The largest absolute Gasteiger partial charge is 0.439 e. The highest BCUT2D eigenvalue weighted by Crippen LogP contribution is 2.34. The van der Waals surface area contributed by atoms with Gasteiger partial charge in [0.2, 0.25) is 5.88 Å². The van der Waals surface area contributed by atoms with Gasteiger partial charge in [-0.2, -0.15) is 0 Å². The number of aryl methyl sites for hydroxylation is 1. The first-order valence-electron chi connectivity index (χ1n) is 6.70. The Morgan fingerprint density at radius 2 is 1.90 bits per heavy atom. The maximum atomic E-state index is 5.96. The molecule has 0 unspecified atom stereocenters. The van der Waals surface area contributed by atoms with E-state index in [-0.39, 0.29) is 5.41 Å². The molecule has 0 spiro atoms. The van der Waals surface area contributed by atoms with E-state index < -0.39 is 0 Å². The summed E-state index contributed by atoms with van der Waals surface area (Å²) in [5.41, 5.74) is 3.36. The fraction of sp³-hybridized carbons (Fsp3) is 0.353. The zero-order valence-corrected chi connectivity index (χ0v) is 13.2. The first kappa shape index (κ1) is 14.9. The molecule has 0 aliphatic carbocycles. The summed E-state index contributed by atoms with van der Waals surface area (Å²) in [7, 11) is 0. The van der Waals surface area contributed by atoms with Gasteiger partial charge in [0, 0.05) is 23.7 Å². The molecule has 0 saturated carbocycles. The molecule has 0 N–H and O–H groups in total. The third kappa shape index (κ3) is 3.51. The summed E-state index contributed by atoms with van der Waals surface area (Å²) in [5.74, 6) is 1.92. The lowest BCUT2D eigenvalue weighted by Gasteiger charge is -2.22. The number of alkyl halides is 1. The molecule has 1 aromatic heterocycles. The molecule has 0 bridgehead atoms. The molecule has 0 aliphatic heterocycles. The molecule has 0 amide bonds. The second kappa shape index (κ2) is 5.84. The predicted molar refractivity (Wildman–Crippen MR) is 83.7 cm³/mol. The van der Waals surface area contributed by atoms with E-state index >= 15 is 0 Å². The van der Waals surface area contributed by atoms with Crippen LogP contribution >= 0.6 is 11.6 Å². The molecule has 20 heavy (non-hydrogen) atoms. The minimum Gasteiger partial charge on any atom is -0.439 e. The number of nitrogens with zero attached hydrogens (tertiary/aromatic N) is 1. The van der Waals surface area contributed by atoms with E-state index in [9.17, 15) is 0 Å². The molecule has 2 rings (SSSR count). The Bertz CT molecular complexity index is 585. The Labute approximate surface area is 125 Å². The molecule has 0 aliphatic rings. The first-order chi connectivity index (χ1) is 9.40. The van der Waals surface area contributed by atoms with Gasteiger partial charge in [0.1, 0.15) is 5.75 Å². The molecule has 1 aromatic carbocycles.